The summed E-state index contributed by atoms with van der Waals surface area (Å²) in [6.45, 7) is 2.26. The van der Waals surface area contributed by atoms with Crippen LogP contribution in [0.4, 0.5) is 10.1 Å². The third-order valence-corrected chi connectivity index (χ3v) is 1.33. The molecule has 0 saturated heterocycles. The Balaban J connectivity index is 2.93. The van der Waals surface area contributed by atoms with Gasteiger partial charge >= 0.3 is 0 Å². The number of benzene rings is 1. The van der Waals surface area contributed by atoms with Crippen LogP contribution in [0.1, 0.15) is 6.92 Å². The van der Waals surface area contributed by atoms with E-state index in [1.54, 1.807) is 6.92 Å². The molecule has 1 aromatic carbocycles. The van der Waals surface area contributed by atoms with E-state index in [-0.39, 0.29) is 5.69 Å². The Bertz CT molecular complexity index is 288. The van der Waals surface area contributed by atoms with E-state index in [1.165, 1.54) is 12.1 Å². The number of nitroso groups, excluding NO2 is 1. The second kappa shape index (κ2) is 3.80. The molecule has 64 valence electrons. The van der Waals surface area contributed by atoms with Gasteiger partial charge in [0.05, 0.1) is 6.61 Å². The third-order valence-electron chi connectivity index (χ3n) is 1.33. The van der Waals surface area contributed by atoms with Crippen LogP contribution in [0, 0.1) is 10.7 Å². The molecule has 0 radical (unpaired) electrons. The van der Waals surface area contributed by atoms with Gasteiger partial charge in [0.2, 0.25) is 0 Å². The lowest BCUT2D eigenvalue weighted by molar-refractivity contribution is 0.338. The Morgan fingerprint density at radius 1 is 1.58 bits per heavy atom. The molecule has 3 nitrogen and oxygen atoms in total. The number of halogens is 1. The van der Waals surface area contributed by atoms with E-state index in [4.69, 9.17) is 4.74 Å². The van der Waals surface area contributed by atoms with Crippen LogP contribution in [0.5, 0.6) is 5.75 Å². The number of hydrogen-bond donors (Lipinski definition) is 0. The molecule has 0 fully saturated rings. The standard InChI is InChI=1S/C8H8FNO2/c1-2-12-6-3-4-8(10-11)7(9)5-6/h3-5H,2H2,1H3. The van der Waals surface area contributed by atoms with Crippen molar-refractivity contribution in [1.82, 2.24) is 0 Å². The summed E-state index contributed by atoms with van der Waals surface area (Å²) in [6.07, 6.45) is 0. The third kappa shape index (κ3) is 1.78. The fraction of sp³-hybridized carbons (Fsp3) is 0.250. The summed E-state index contributed by atoms with van der Waals surface area (Å²) >= 11 is 0. The maximum absolute atomic E-state index is 12.8. The van der Waals surface area contributed by atoms with Gasteiger partial charge in [-0.05, 0) is 24.2 Å². The quantitative estimate of drug-likeness (QED) is 0.652. The second-order valence-electron chi connectivity index (χ2n) is 2.14. The van der Waals surface area contributed by atoms with Gasteiger partial charge in [0.15, 0.2) is 5.82 Å². The first-order valence-electron chi connectivity index (χ1n) is 3.53. The van der Waals surface area contributed by atoms with Crippen LogP contribution in [0.3, 0.4) is 0 Å². The van der Waals surface area contributed by atoms with Gasteiger partial charge in [-0.1, -0.05) is 0 Å². The number of ether oxygens (including phenoxy) is 1. The molecule has 1 aromatic rings. The van der Waals surface area contributed by atoms with Crippen LogP contribution in [0.2, 0.25) is 0 Å². The van der Waals surface area contributed by atoms with Gasteiger partial charge < -0.3 is 4.74 Å². The second-order valence-corrected chi connectivity index (χ2v) is 2.14. The number of hydrogen-bond acceptors (Lipinski definition) is 3. The largest absolute Gasteiger partial charge is 0.494 e. The van der Waals surface area contributed by atoms with Crippen molar-refractivity contribution in [2.45, 2.75) is 6.92 Å². The first-order chi connectivity index (χ1) is 5.77. The molecular formula is C8H8FNO2. The molecule has 0 heterocycles. The summed E-state index contributed by atoms with van der Waals surface area (Å²) in [5, 5.41) is 2.49. The van der Waals surface area contributed by atoms with Crippen molar-refractivity contribution in [3.63, 3.8) is 0 Å². The van der Waals surface area contributed by atoms with Gasteiger partial charge in [0.1, 0.15) is 11.4 Å². The molecule has 1 rings (SSSR count). The van der Waals surface area contributed by atoms with E-state index >= 15 is 0 Å². The fourth-order valence-corrected chi connectivity index (χ4v) is 0.818. The molecule has 0 saturated carbocycles. The minimum Gasteiger partial charge on any atom is -0.494 e. The predicted octanol–water partition coefficient (Wildman–Crippen LogP) is 2.62. The lowest BCUT2D eigenvalue weighted by Gasteiger charge is -2.01. The molecule has 0 aromatic heterocycles. The van der Waals surface area contributed by atoms with Crippen LogP contribution in [0.15, 0.2) is 23.4 Å². The molecule has 4 heteroatoms. The Morgan fingerprint density at radius 2 is 2.33 bits per heavy atom. The first-order valence-corrected chi connectivity index (χ1v) is 3.53. The normalized spacial score (nSPS) is 9.50. The van der Waals surface area contributed by atoms with Crippen LogP contribution in [-0.4, -0.2) is 6.61 Å². The monoisotopic (exact) mass is 169 g/mol. The van der Waals surface area contributed by atoms with Crippen molar-refractivity contribution in [2.75, 3.05) is 6.61 Å². The lowest BCUT2D eigenvalue weighted by Crippen LogP contribution is -1.91. The molecule has 0 amide bonds. The van der Waals surface area contributed by atoms with Gasteiger partial charge in [-0.3, -0.25) is 0 Å². The topological polar surface area (TPSA) is 38.7 Å². The van der Waals surface area contributed by atoms with Crippen molar-refractivity contribution in [1.29, 1.82) is 0 Å². The summed E-state index contributed by atoms with van der Waals surface area (Å²) < 4.78 is 17.8. The Labute approximate surface area is 69.1 Å². The highest BCUT2D eigenvalue weighted by molar-refractivity contribution is 5.42. The smallest absolute Gasteiger partial charge is 0.156 e. The lowest BCUT2D eigenvalue weighted by atomic mass is 10.3. The molecule has 0 aliphatic rings. The Morgan fingerprint density at radius 3 is 2.83 bits per heavy atom. The van der Waals surface area contributed by atoms with E-state index in [0.717, 1.165) is 6.07 Å². The van der Waals surface area contributed by atoms with Crippen molar-refractivity contribution < 1.29 is 9.13 Å². The molecule has 0 aliphatic heterocycles. The highest BCUT2D eigenvalue weighted by Crippen LogP contribution is 2.22. The summed E-state index contributed by atoms with van der Waals surface area (Å²) in [5.41, 5.74) is -0.196. The van der Waals surface area contributed by atoms with Crippen molar-refractivity contribution in [2.24, 2.45) is 5.18 Å². The number of rotatable bonds is 3. The molecular weight excluding hydrogens is 161 g/mol. The van der Waals surface area contributed by atoms with Crippen LogP contribution in [0.25, 0.3) is 0 Å². The number of nitrogens with zero attached hydrogens (tertiary/aromatic N) is 1. The van der Waals surface area contributed by atoms with Crippen LogP contribution in [-0.2, 0) is 0 Å². The van der Waals surface area contributed by atoms with Crippen molar-refractivity contribution in [3.05, 3.63) is 28.9 Å². The van der Waals surface area contributed by atoms with Crippen LogP contribution >= 0.6 is 0 Å². The zero-order chi connectivity index (χ0) is 8.97. The molecule has 0 aliphatic carbocycles. The van der Waals surface area contributed by atoms with E-state index in [9.17, 15) is 9.30 Å². The van der Waals surface area contributed by atoms with Gasteiger partial charge in [0, 0.05) is 6.07 Å². The molecule has 0 bridgehead atoms. The zero-order valence-electron chi connectivity index (χ0n) is 6.58. The van der Waals surface area contributed by atoms with E-state index in [2.05, 4.69) is 5.18 Å². The summed E-state index contributed by atoms with van der Waals surface area (Å²) in [4.78, 5) is 9.97. The summed E-state index contributed by atoms with van der Waals surface area (Å²) in [5.74, 6) is -0.252. The van der Waals surface area contributed by atoms with Crippen LogP contribution < -0.4 is 4.74 Å². The van der Waals surface area contributed by atoms with Gasteiger partial charge in [-0.15, -0.1) is 4.91 Å². The molecule has 0 atom stereocenters. The van der Waals surface area contributed by atoms with E-state index in [1.807, 2.05) is 0 Å². The summed E-state index contributed by atoms with van der Waals surface area (Å²) in [7, 11) is 0. The molecule has 0 N–H and O–H groups in total. The molecule has 12 heavy (non-hydrogen) atoms. The minimum atomic E-state index is -0.657. The zero-order valence-corrected chi connectivity index (χ0v) is 6.58. The molecule has 0 spiro atoms. The SMILES string of the molecule is CCOc1ccc(N=O)c(F)c1. The van der Waals surface area contributed by atoms with E-state index in [0.29, 0.717) is 12.4 Å². The van der Waals surface area contributed by atoms with Gasteiger partial charge in [-0.2, -0.15) is 0 Å². The maximum Gasteiger partial charge on any atom is 0.156 e. The fourth-order valence-electron chi connectivity index (χ4n) is 0.818. The minimum absolute atomic E-state index is 0.196. The van der Waals surface area contributed by atoms with Gasteiger partial charge in [-0.25, -0.2) is 4.39 Å². The average molecular weight is 169 g/mol. The van der Waals surface area contributed by atoms with Crippen molar-refractivity contribution >= 4 is 5.69 Å². The summed E-state index contributed by atoms with van der Waals surface area (Å²) in [6, 6.07) is 3.93. The Hall–Kier alpha value is -1.45. The average Bonchev–Trinajstić information content (AvgIpc) is 2.05. The van der Waals surface area contributed by atoms with E-state index < -0.39 is 5.82 Å². The predicted molar refractivity (Wildman–Crippen MR) is 43.0 cm³/mol. The van der Waals surface area contributed by atoms with Crippen molar-refractivity contribution in [3.8, 4) is 5.75 Å². The Kier molecular flexibility index (Phi) is 2.74. The highest BCUT2D eigenvalue weighted by Gasteiger charge is 2.03. The highest BCUT2D eigenvalue weighted by atomic mass is 19.1. The first kappa shape index (κ1) is 8.64. The van der Waals surface area contributed by atoms with Gasteiger partial charge in [0.25, 0.3) is 0 Å². The molecule has 0 unspecified atom stereocenters. The maximum atomic E-state index is 12.8.